The molecule has 2 N–H and O–H groups in total. The molecule has 0 unspecified atom stereocenters. The third-order valence-electron chi connectivity index (χ3n) is 3.40. The number of rotatable bonds is 3. The van der Waals surface area contributed by atoms with Crippen LogP contribution >= 0.6 is 0 Å². The summed E-state index contributed by atoms with van der Waals surface area (Å²) < 4.78 is 2.25. The zero-order chi connectivity index (χ0) is 12.0. The standard InChI is InChI=1S/C13H18N4/c1-8(2)11(14)13-16-10-4-3-7-15-12(10)17(13)9-5-6-9/h3-4,7-9,11H,5-6,14H2,1-2H3/t11-/m0/s1. The maximum Gasteiger partial charge on any atom is 0.160 e. The molecule has 0 aromatic carbocycles. The highest BCUT2D eigenvalue weighted by molar-refractivity contribution is 5.71. The molecule has 2 aromatic rings. The molecular weight excluding hydrogens is 212 g/mol. The Hall–Kier alpha value is -1.42. The van der Waals surface area contributed by atoms with Gasteiger partial charge in [-0.1, -0.05) is 13.8 Å². The highest BCUT2D eigenvalue weighted by Gasteiger charge is 2.31. The number of nitrogens with zero attached hydrogens (tertiary/aromatic N) is 3. The van der Waals surface area contributed by atoms with E-state index in [9.17, 15) is 0 Å². The molecule has 90 valence electrons. The van der Waals surface area contributed by atoms with Crippen LogP contribution in [0.3, 0.4) is 0 Å². The van der Waals surface area contributed by atoms with E-state index < -0.39 is 0 Å². The first-order chi connectivity index (χ1) is 8.18. The Morgan fingerprint density at radius 1 is 1.41 bits per heavy atom. The summed E-state index contributed by atoms with van der Waals surface area (Å²) in [6.07, 6.45) is 4.27. The summed E-state index contributed by atoms with van der Waals surface area (Å²) in [7, 11) is 0. The monoisotopic (exact) mass is 230 g/mol. The molecule has 0 saturated heterocycles. The number of pyridine rings is 1. The van der Waals surface area contributed by atoms with Crippen LogP contribution in [0.1, 0.15) is 44.6 Å². The molecule has 0 radical (unpaired) electrons. The molecule has 17 heavy (non-hydrogen) atoms. The Kier molecular flexibility index (Phi) is 2.40. The van der Waals surface area contributed by atoms with Crippen LogP contribution in [0.5, 0.6) is 0 Å². The van der Waals surface area contributed by atoms with Gasteiger partial charge in [0, 0.05) is 12.2 Å². The Labute approximate surface area is 101 Å². The summed E-state index contributed by atoms with van der Waals surface area (Å²) in [5.74, 6) is 1.39. The zero-order valence-corrected chi connectivity index (χ0v) is 10.3. The molecule has 0 aliphatic heterocycles. The number of fused-ring (bicyclic) bond motifs is 1. The maximum atomic E-state index is 6.26. The fourth-order valence-electron chi connectivity index (χ4n) is 2.17. The Bertz CT molecular complexity index is 539. The molecule has 0 spiro atoms. The minimum atomic E-state index is -0.00944. The van der Waals surface area contributed by atoms with E-state index in [0.717, 1.165) is 17.0 Å². The van der Waals surface area contributed by atoms with Crippen molar-refractivity contribution in [3.63, 3.8) is 0 Å². The number of hydrogen-bond acceptors (Lipinski definition) is 3. The van der Waals surface area contributed by atoms with Crippen molar-refractivity contribution in [3.05, 3.63) is 24.2 Å². The normalized spacial score (nSPS) is 17.9. The Balaban J connectivity index is 2.19. The molecule has 4 nitrogen and oxygen atoms in total. The predicted octanol–water partition coefficient (Wildman–Crippen LogP) is 2.42. The van der Waals surface area contributed by atoms with E-state index in [1.165, 1.54) is 12.8 Å². The highest BCUT2D eigenvalue weighted by atomic mass is 15.2. The summed E-state index contributed by atoms with van der Waals surface area (Å²) in [4.78, 5) is 9.12. The largest absolute Gasteiger partial charge is 0.321 e. The summed E-state index contributed by atoms with van der Waals surface area (Å²) in [6.45, 7) is 4.27. The van der Waals surface area contributed by atoms with Gasteiger partial charge in [-0.3, -0.25) is 0 Å². The van der Waals surface area contributed by atoms with Crippen molar-refractivity contribution in [2.75, 3.05) is 0 Å². The molecule has 3 rings (SSSR count). The third-order valence-corrected chi connectivity index (χ3v) is 3.40. The van der Waals surface area contributed by atoms with Crippen LogP contribution in [0.15, 0.2) is 18.3 Å². The lowest BCUT2D eigenvalue weighted by Crippen LogP contribution is -2.21. The van der Waals surface area contributed by atoms with Gasteiger partial charge in [-0.25, -0.2) is 9.97 Å². The van der Waals surface area contributed by atoms with Crippen LogP contribution in [-0.4, -0.2) is 14.5 Å². The molecule has 1 saturated carbocycles. The first-order valence-corrected chi connectivity index (χ1v) is 6.27. The molecule has 1 fully saturated rings. The van der Waals surface area contributed by atoms with Crippen molar-refractivity contribution in [2.24, 2.45) is 11.7 Å². The zero-order valence-electron chi connectivity index (χ0n) is 10.3. The van der Waals surface area contributed by atoms with E-state index in [0.29, 0.717) is 12.0 Å². The van der Waals surface area contributed by atoms with Crippen molar-refractivity contribution in [1.29, 1.82) is 0 Å². The van der Waals surface area contributed by atoms with E-state index in [1.54, 1.807) is 0 Å². The quantitative estimate of drug-likeness (QED) is 0.881. The summed E-state index contributed by atoms with van der Waals surface area (Å²) in [5.41, 5.74) is 8.21. The van der Waals surface area contributed by atoms with Crippen LogP contribution in [0.25, 0.3) is 11.2 Å². The Morgan fingerprint density at radius 3 is 2.82 bits per heavy atom. The molecule has 1 aliphatic rings. The lowest BCUT2D eigenvalue weighted by atomic mass is 10.1. The van der Waals surface area contributed by atoms with Crippen molar-refractivity contribution in [2.45, 2.75) is 38.8 Å². The number of aromatic nitrogens is 3. The van der Waals surface area contributed by atoms with Gasteiger partial charge >= 0.3 is 0 Å². The second-order valence-corrected chi connectivity index (χ2v) is 5.19. The first-order valence-electron chi connectivity index (χ1n) is 6.27. The highest BCUT2D eigenvalue weighted by Crippen LogP contribution is 2.39. The molecule has 1 aliphatic carbocycles. The average Bonchev–Trinajstić information content (AvgIpc) is 3.08. The second-order valence-electron chi connectivity index (χ2n) is 5.19. The van der Waals surface area contributed by atoms with E-state index in [2.05, 4.69) is 28.4 Å². The SMILES string of the molecule is CC(C)[C@H](N)c1nc2cccnc2n1C1CC1. The van der Waals surface area contributed by atoms with Crippen molar-refractivity contribution in [3.8, 4) is 0 Å². The van der Waals surface area contributed by atoms with Crippen LogP contribution in [0.4, 0.5) is 0 Å². The van der Waals surface area contributed by atoms with Crippen molar-refractivity contribution in [1.82, 2.24) is 14.5 Å². The molecule has 2 aromatic heterocycles. The van der Waals surface area contributed by atoms with Crippen LogP contribution in [0.2, 0.25) is 0 Å². The fraction of sp³-hybridized carbons (Fsp3) is 0.538. The number of hydrogen-bond donors (Lipinski definition) is 1. The smallest absolute Gasteiger partial charge is 0.160 e. The topological polar surface area (TPSA) is 56.7 Å². The van der Waals surface area contributed by atoms with Gasteiger partial charge in [-0.2, -0.15) is 0 Å². The molecule has 0 amide bonds. The van der Waals surface area contributed by atoms with Crippen molar-refractivity contribution < 1.29 is 0 Å². The first kappa shape index (κ1) is 10.7. The van der Waals surface area contributed by atoms with Gasteiger partial charge in [-0.15, -0.1) is 0 Å². The molecule has 4 heteroatoms. The van der Waals surface area contributed by atoms with Gasteiger partial charge in [0.25, 0.3) is 0 Å². The molecular formula is C13H18N4. The minimum absolute atomic E-state index is 0.00944. The fourth-order valence-corrected chi connectivity index (χ4v) is 2.17. The second kappa shape index (κ2) is 3.81. The van der Waals surface area contributed by atoms with Crippen molar-refractivity contribution >= 4 is 11.2 Å². The van der Waals surface area contributed by atoms with Crippen LogP contribution < -0.4 is 5.73 Å². The van der Waals surface area contributed by atoms with E-state index >= 15 is 0 Å². The summed E-state index contributed by atoms with van der Waals surface area (Å²) in [5, 5.41) is 0. The van der Waals surface area contributed by atoms with Crippen LogP contribution in [-0.2, 0) is 0 Å². The van der Waals surface area contributed by atoms with Gasteiger partial charge in [0.15, 0.2) is 5.65 Å². The van der Waals surface area contributed by atoms with Gasteiger partial charge in [0.1, 0.15) is 11.3 Å². The molecule has 2 heterocycles. The van der Waals surface area contributed by atoms with Gasteiger partial charge in [0.05, 0.1) is 6.04 Å². The van der Waals surface area contributed by atoms with E-state index in [-0.39, 0.29) is 6.04 Å². The number of imidazole rings is 1. The summed E-state index contributed by atoms with van der Waals surface area (Å²) in [6, 6.07) is 4.49. The van der Waals surface area contributed by atoms with Gasteiger partial charge in [-0.05, 0) is 30.9 Å². The predicted molar refractivity (Wildman–Crippen MR) is 67.6 cm³/mol. The average molecular weight is 230 g/mol. The lowest BCUT2D eigenvalue weighted by molar-refractivity contribution is 0.470. The number of nitrogens with two attached hydrogens (primary N) is 1. The maximum absolute atomic E-state index is 6.26. The summed E-state index contributed by atoms with van der Waals surface area (Å²) >= 11 is 0. The lowest BCUT2D eigenvalue weighted by Gasteiger charge is -2.16. The van der Waals surface area contributed by atoms with Gasteiger partial charge in [0.2, 0.25) is 0 Å². The van der Waals surface area contributed by atoms with Gasteiger partial charge < -0.3 is 10.3 Å². The minimum Gasteiger partial charge on any atom is -0.321 e. The van der Waals surface area contributed by atoms with E-state index in [1.807, 2.05) is 18.3 Å². The third kappa shape index (κ3) is 1.72. The van der Waals surface area contributed by atoms with Crippen LogP contribution in [0, 0.1) is 5.92 Å². The molecule has 0 bridgehead atoms. The Morgan fingerprint density at radius 2 is 2.18 bits per heavy atom. The van der Waals surface area contributed by atoms with E-state index in [4.69, 9.17) is 5.73 Å². The molecule has 1 atom stereocenters.